The molecule has 0 saturated carbocycles. The molecule has 0 saturated heterocycles. The Labute approximate surface area is 110 Å². The second-order valence-electron chi connectivity index (χ2n) is 4.30. The molecule has 0 aliphatic rings. The van der Waals surface area contributed by atoms with Gasteiger partial charge in [0.25, 0.3) is 0 Å². The molecule has 7 nitrogen and oxygen atoms in total. The van der Waals surface area contributed by atoms with Crippen molar-refractivity contribution >= 4 is 5.97 Å². The lowest BCUT2D eigenvalue weighted by molar-refractivity contribution is 0.0688. The summed E-state index contributed by atoms with van der Waals surface area (Å²) < 4.78 is 0. The van der Waals surface area contributed by atoms with Crippen molar-refractivity contribution in [3.8, 4) is 0 Å². The second-order valence-corrected chi connectivity index (χ2v) is 4.30. The molecule has 19 heavy (non-hydrogen) atoms. The van der Waals surface area contributed by atoms with Crippen LogP contribution in [0.4, 0.5) is 0 Å². The molecule has 0 amide bonds. The highest BCUT2D eigenvalue weighted by atomic mass is 16.4. The lowest BCUT2D eigenvalue weighted by Crippen LogP contribution is -2.23. The summed E-state index contributed by atoms with van der Waals surface area (Å²) in [5.74, 6) is -1.00. The molecule has 1 atom stereocenters. The largest absolute Gasteiger partial charge is 0.477 e. The monoisotopic (exact) mass is 261 g/mol. The summed E-state index contributed by atoms with van der Waals surface area (Å²) in [5.41, 5.74) is 1.66. The van der Waals surface area contributed by atoms with E-state index in [0.717, 1.165) is 5.69 Å². The smallest absolute Gasteiger partial charge is 0.354 e. The molecule has 2 aromatic rings. The van der Waals surface area contributed by atoms with Gasteiger partial charge in [-0.3, -0.25) is 10.00 Å². The van der Waals surface area contributed by atoms with E-state index in [-0.39, 0.29) is 11.7 Å². The molecule has 0 aliphatic carbocycles. The van der Waals surface area contributed by atoms with Crippen LogP contribution in [0.1, 0.15) is 34.7 Å². The molecule has 0 radical (unpaired) electrons. The first-order chi connectivity index (χ1) is 9.09. The molecule has 0 unspecified atom stereocenters. The maximum atomic E-state index is 11.0. The van der Waals surface area contributed by atoms with Crippen LogP contribution in [0.5, 0.6) is 0 Å². The van der Waals surface area contributed by atoms with E-state index < -0.39 is 5.97 Å². The fourth-order valence-electron chi connectivity index (χ4n) is 1.80. The summed E-state index contributed by atoms with van der Waals surface area (Å²) in [7, 11) is 1.91. The van der Waals surface area contributed by atoms with Gasteiger partial charge in [0.2, 0.25) is 0 Å². The number of H-pyrrole nitrogens is 1. The van der Waals surface area contributed by atoms with Crippen molar-refractivity contribution in [1.82, 2.24) is 25.1 Å². The summed E-state index contributed by atoms with van der Waals surface area (Å²) in [6.07, 6.45) is 4.72. The van der Waals surface area contributed by atoms with Crippen LogP contribution >= 0.6 is 0 Å². The van der Waals surface area contributed by atoms with E-state index in [1.54, 1.807) is 6.20 Å². The Morgan fingerprint density at radius 3 is 3.00 bits per heavy atom. The third-order valence-corrected chi connectivity index (χ3v) is 3.05. The fraction of sp³-hybridized carbons (Fsp3) is 0.333. The highest BCUT2D eigenvalue weighted by Crippen LogP contribution is 2.18. The van der Waals surface area contributed by atoms with Gasteiger partial charge in [-0.15, -0.1) is 0 Å². The highest BCUT2D eigenvalue weighted by molar-refractivity contribution is 5.86. The number of hydrogen-bond acceptors (Lipinski definition) is 5. The van der Waals surface area contributed by atoms with Crippen molar-refractivity contribution in [1.29, 1.82) is 0 Å². The van der Waals surface area contributed by atoms with E-state index in [9.17, 15) is 4.79 Å². The number of hydrogen-bond donors (Lipinski definition) is 2. The first-order valence-electron chi connectivity index (χ1n) is 5.81. The first kappa shape index (κ1) is 13.2. The number of rotatable bonds is 5. The zero-order valence-electron chi connectivity index (χ0n) is 10.7. The minimum absolute atomic E-state index is 0.0551. The first-order valence-corrected chi connectivity index (χ1v) is 5.81. The van der Waals surface area contributed by atoms with Crippen molar-refractivity contribution in [3.63, 3.8) is 0 Å². The van der Waals surface area contributed by atoms with Gasteiger partial charge in [0.15, 0.2) is 0 Å². The van der Waals surface area contributed by atoms with E-state index >= 15 is 0 Å². The minimum atomic E-state index is -1.00. The number of carboxylic acid groups (broad SMARTS) is 1. The number of aromatic amines is 1. The fourth-order valence-corrected chi connectivity index (χ4v) is 1.80. The summed E-state index contributed by atoms with van der Waals surface area (Å²) in [6.45, 7) is 2.48. The van der Waals surface area contributed by atoms with Crippen LogP contribution in [0.3, 0.4) is 0 Å². The Balaban J connectivity index is 2.11. The minimum Gasteiger partial charge on any atom is -0.477 e. The lowest BCUT2D eigenvalue weighted by atomic mass is 10.1. The van der Waals surface area contributed by atoms with Gasteiger partial charge in [0.1, 0.15) is 12.0 Å². The van der Waals surface area contributed by atoms with E-state index in [1.165, 1.54) is 12.5 Å². The number of nitrogens with one attached hydrogen (secondary N) is 1. The molecule has 0 aliphatic heterocycles. The quantitative estimate of drug-likeness (QED) is 0.836. The average molecular weight is 261 g/mol. The van der Waals surface area contributed by atoms with Crippen LogP contribution in [-0.4, -0.2) is 43.2 Å². The van der Waals surface area contributed by atoms with Gasteiger partial charge in [0, 0.05) is 24.3 Å². The van der Waals surface area contributed by atoms with E-state index in [1.807, 2.05) is 24.9 Å². The molecule has 0 spiro atoms. The van der Waals surface area contributed by atoms with E-state index in [2.05, 4.69) is 20.2 Å². The van der Waals surface area contributed by atoms with Crippen LogP contribution in [-0.2, 0) is 6.54 Å². The lowest BCUT2D eigenvalue weighted by Gasteiger charge is -2.23. The molecule has 2 N–H and O–H groups in total. The molecule has 0 bridgehead atoms. The highest BCUT2D eigenvalue weighted by Gasteiger charge is 2.18. The third kappa shape index (κ3) is 2.94. The standard InChI is InChI=1S/C12H15N5O2/c1-8(10-3-4-13-7-14-10)17(2)6-9-5-15-16-11(9)12(18)19/h3-5,7-8H,6H2,1-2H3,(H,15,16)(H,18,19)/t8-/m0/s1. The van der Waals surface area contributed by atoms with E-state index in [0.29, 0.717) is 12.1 Å². The number of aromatic carboxylic acids is 1. The predicted molar refractivity (Wildman–Crippen MR) is 67.5 cm³/mol. The van der Waals surface area contributed by atoms with Crippen LogP contribution < -0.4 is 0 Å². The van der Waals surface area contributed by atoms with Crippen molar-refractivity contribution in [2.24, 2.45) is 0 Å². The summed E-state index contributed by atoms with van der Waals surface area (Å²) in [6, 6.07) is 1.90. The van der Waals surface area contributed by atoms with Crippen molar-refractivity contribution < 1.29 is 9.90 Å². The molecule has 100 valence electrons. The Kier molecular flexibility index (Phi) is 3.86. The van der Waals surface area contributed by atoms with Gasteiger partial charge in [-0.05, 0) is 20.0 Å². The normalized spacial score (nSPS) is 12.6. The molecule has 2 aromatic heterocycles. The summed E-state index contributed by atoms with van der Waals surface area (Å²) >= 11 is 0. The topological polar surface area (TPSA) is 95.0 Å². The second kappa shape index (κ2) is 5.57. The Hall–Kier alpha value is -2.28. The molecule has 7 heteroatoms. The molecule has 2 rings (SSSR count). The van der Waals surface area contributed by atoms with E-state index in [4.69, 9.17) is 5.11 Å². The van der Waals surface area contributed by atoms with Crippen LogP contribution in [0, 0.1) is 0 Å². The van der Waals surface area contributed by atoms with Crippen molar-refractivity contribution in [3.05, 3.63) is 41.7 Å². The third-order valence-electron chi connectivity index (χ3n) is 3.05. The summed E-state index contributed by atoms with van der Waals surface area (Å²) in [4.78, 5) is 21.1. The van der Waals surface area contributed by atoms with Gasteiger partial charge >= 0.3 is 5.97 Å². The molecule has 0 fully saturated rings. The predicted octanol–water partition coefficient (Wildman–Crippen LogP) is 1.09. The van der Waals surface area contributed by atoms with Crippen LogP contribution in [0.25, 0.3) is 0 Å². The molecule has 0 aromatic carbocycles. The average Bonchev–Trinajstić information content (AvgIpc) is 2.87. The summed E-state index contributed by atoms with van der Waals surface area (Å²) in [5, 5.41) is 15.3. The van der Waals surface area contributed by atoms with Gasteiger partial charge in [-0.25, -0.2) is 14.8 Å². The number of nitrogens with zero attached hydrogens (tertiary/aromatic N) is 4. The number of aromatic nitrogens is 4. The van der Waals surface area contributed by atoms with Crippen molar-refractivity contribution in [2.75, 3.05) is 7.05 Å². The maximum absolute atomic E-state index is 11.0. The SMILES string of the molecule is C[C@@H](c1ccncn1)N(C)Cc1cn[nH]c1C(=O)O. The number of carbonyl (C=O) groups is 1. The van der Waals surface area contributed by atoms with Gasteiger partial charge in [-0.1, -0.05) is 0 Å². The Morgan fingerprint density at radius 1 is 1.58 bits per heavy atom. The van der Waals surface area contributed by atoms with Gasteiger partial charge in [-0.2, -0.15) is 5.10 Å². The molecular formula is C12H15N5O2. The van der Waals surface area contributed by atoms with Gasteiger partial charge in [0.05, 0.1) is 11.9 Å². The van der Waals surface area contributed by atoms with Gasteiger partial charge < -0.3 is 5.11 Å². The maximum Gasteiger partial charge on any atom is 0.354 e. The van der Waals surface area contributed by atoms with Crippen LogP contribution in [0.2, 0.25) is 0 Å². The zero-order chi connectivity index (χ0) is 13.8. The molecule has 2 heterocycles. The Bertz CT molecular complexity index is 554. The van der Waals surface area contributed by atoms with Crippen LogP contribution in [0.15, 0.2) is 24.8 Å². The Morgan fingerprint density at radius 2 is 2.37 bits per heavy atom. The van der Waals surface area contributed by atoms with Crippen molar-refractivity contribution in [2.45, 2.75) is 19.5 Å². The zero-order valence-corrected chi connectivity index (χ0v) is 10.7. The molecular weight excluding hydrogens is 246 g/mol. The number of carboxylic acids is 1.